The molecule has 18 heavy (non-hydrogen) atoms. The Balaban J connectivity index is 2.19. The zero-order chi connectivity index (χ0) is 13.3. The lowest BCUT2D eigenvalue weighted by Crippen LogP contribution is -2.36. The molecule has 0 radical (unpaired) electrons. The van der Waals surface area contributed by atoms with Gasteiger partial charge in [0.05, 0.1) is 23.3 Å². The highest BCUT2D eigenvalue weighted by Gasteiger charge is 2.29. The molecule has 0 aromatic carbocycles. The molecule has 0 aliphatic carbocycles. The van der Waals surface area contributed by atoms with E-state index in [9.17, 15) is 0 Å². The fourth-order valence-electron chi connectivity index (χ4n) is 2.08. The molecule has 100 valence electrons. The SMILES string of the molecule is CCCN1C(N)=NCC1c1csc(C(C)(C)C)n1. The van der Waals surface area contributed by atoms with Crippen molar-refractivity contribution in [1.82, 2.24) is 9.88 Å². The Hall–Kier alpha value is -1.10. The van der Waals surface area contributed by atoms with Crippen molar-refractivity contribution < 1.29 is 0 Å². The highest BCUT2D eigenvalue weighted by atomic mass is 32.1. The van der Waals surface area contributed by atoms with Gasteiger partial charge in [0.2, 0.25) is 0 Å². The fraction of sp³-hybridized carbons (Fsp3) is 0.692. The average molecular weight is 266 g/mol. The van der Waals surface area contributed by atoms with E-state index in [1.54, 1.807) is 11.3 Å². The second-order valence-corrected chi connectivity index (χ2v) is 6.59. The molecule has 0 fully saturated rings. The van der Waals surface area contributed by atoms with Gasteiger partial charge in [0.15, 0.2) is 5.96 Å². The van der Waals surface area contributed by atoms with Gasteiger partial charge in [-0.05, 0) is 6.42 Å². The first kappa shape index (κ1) is 13.3. The van der Waals surface area contributed by atoms with Gasteiger partial charge in [-0.2, -0.15) is 0 Å². The molecule has 0 saturated heterocycles. The third kappa shape index (κ3) is 2.51. The molecule has 2 rings (SSSR count). The summed E-state index contributed by atoms with van der Waals surface area (Å²) >= 11 is 1.74. The van der Waals surface area contributed by atoms with Crippen molar-refractivity contribution in [1.29, 1.82) is 0 Å². The number of hydrogen-bond donors (Lipinski definition) is 1. The normalized spacial score (nSPS) is 20.3. The first-order valence-corrected chi connectivity index (χ1v) is 7.34. The van der Waals surface area contributed by atoms with Crippen molar-refractivity contribution in [3.05, 3.63) is 16.1 Å². The summed E-state index contributed by atoms with van der Waals surface area (Å²) < 4.78 is 0. The van der Waals surface area contributed by atoms with Crippen LogP contribution in [0.4, 0.5) is 0 Å². The third-order valence-electron chi connectivity index (χ3n) is 3.07. The average Bonchev–Trinajstić information content (AvgIpc) is 2.86. The number of aromatic nitrogens is 1. The summed E-state index contributed by atoms with van der Waals surface area (Å²) in [6, 6.07) is 0.234. The van der Waals surface area contributed by atoms with Crippen LogP contribution < -0.4 is 5.73 Å². The minimum Gasteiger partial charge on any atom is -0.370 e. The fourth-order valence-corrected chi connectivity index (χ4v) is 3.03. The summed E-state index contributed by atoms with van der Waals surface area (Å²) in [5.74, 6) is 0.659. The molecule has 0 amide bonds. The van der Waals surface area contributed by atoms with E-state index < -0.39 is 0 Å². The maximum absolute atomic E-state index is 5.94. The number of aliphatic imine (C=N–C) groups is 1. The van der Waals surface area contributed by atoms with Crippen LogP contribution in [0.3, 0.4) is 0 Å². The van der Waals surface area contributed by atoms with E-state index in [0.717, 1.165) is 25.2 Å². The Morgan fingerprint density at radius 2 is 2.22 bits per heavy atom. The van der Waals surface area contributed by atoms with Crippen LogP contribution in [0.15, 0.2) is 10.4 Å². The van der Waals surface area contributed by atoms with Gasteiger partial charge >= 0.3 is 0 Å². The first-order valence-electron chi connectivity index (χ1n) is 6.46. The summed E-state index contributed by atoms with van der Waals surface area (Å²) in [5, 5.41) is 3.33. The molecule has 1 atom stereocenters. The summed E-state index contributed by atoms with van der Waals surface area (Å²) in [4.78, 5) is 11.3. The number of thiazole rings is 1. The van der Waals surface area contributed by atoms with E-state index in [0.29, 0.717) is 5.96 Å². The summed E-state index contributed by atoms with van der Waals surface area (Å²) in [5.41, 5.74) is 7.17. The van der Waals surface area contributed by atoms with Crippen LogP contribution in [0.25, 0.3) is 0 Å². The quantitative estimate of drug-likeness (QED) is 0.914. The van der Waals surface area contributed by atoms with Crippen LogP contribution in [0, 0.1) is 0 Å². The van der Waals surface area contributed by atoms with Crippen LogP contribution in [-0.2, 0) is 5.41 Å². The zero-order valence-corrected chi connectivity index (χ0v) is 12.4. The Kier molecular flexibility index (Phi) is 3.61. The van der Waals surface area contributed by atoms with Crippen molar-refractivity contribution in [2.75, 3.05) is 13.1 Å². The number of nitrogens with zero attached hydrogens (tertiary/aromatic N) is 3. The molecule has 2 heterocycles. The number of rotatable bonds is 3. The summed E-state index contributed by atoms with van der Waals surface area (Å²) in [6.07, 6.45) is 1.07. The molecule has 1 aliphatic rings. The molecular weight excluding hydrogens is 244 g/mol. The van der Waals surface area contributed by atoms with Gasteiger partial charge in [-0.1, -0.05) is 27.7 Å². The Labute approximate surface area is 113 Å². The van der Waals surface area contributed by atoms with Gasteiger partial charge in [0.25, 0.3) is 0 Å². The van der Waals surface area contributed by atoms with Gasteiger partial charge < -0.3 is 10.6 Å². The highest BCUT2D eigenvalue weighted by Crippen LogP contribution is 2.31. The molecule has 0 bridgehead atoms. The molecule has 2 N–H and O–H groups in total. The van der Waals surface area contributed by atoms with E-state index in [2.05, 4.69) is 43.0 Å². The van der Waals surface area contributed by atoms with Crippen LogP contribution in [0.5, 0.6) is 0 Å². The van der Waals surface area contributed by atoms with Crippen molar-refractivity contribution in [2.24, 2.45) is 10.7 Å². The van der Waals surface area contributed by atoms with Crippen LogP contribution in [0.1, 0.15) is 50.9 Å². The van der Waals surface area contributed by atoms with Gasteiger partial charge in [-0.25, -0.2) is 4.98 Å². The summed E-state index contributed by atoms with van der Waals surface area (Å²) in [6.45, 7) is 10.4. The lowest BCUT2D eigenvalue weighted by Gasteiger charge is -2.24. The predicted octanol–water partition coefficient (Wildman–Crippen LogP) is 2.52. The van der Waals surface area contributed by atoms with Crippen LogP contribution in [-0.4, -0.2) is 28.9 Å². The van der Waals surface area contributed by atoms with Gasteiger partial charge in [-0.15, -0.1) is 11.3 Å². The smallest absolute Gasteiger partial charge is 0.191 e. The number of guanidine groups is 1. The Morgan fingerprint density at radius 1 is 1.50 bits per heavy atom. The lowest BCUT2D eigenvalue weighted by atomic mass is 9.98. The molecule has 4 nitrogen and oxygen atoms in total. The maximum atomic E-state index is 5.94. The molecule has 5 heteroatoms. The first-order chi connectivity index (χ1) is 8.43. The number of nitrogens with two attached hydrogens (primary N) is 1. The van der Waals surface area contributed by atoms with Crippen molar-refractivity contribution in [3.8, 4) is 0 Å². The van der Waals surface area contributed by atoms with Crippen molar-refractivity contribution in [3.63, 3.8) is 0 Å². The molecule has 1 aromatic heterocycles. The van der Waals surface area contributed by atoms with Gasteiger partial charge in [0.1, 0.15) is 0 Å². The van der Waals surface area contributed by atoms with Crippen molar-refractivity contribution >= 4 is 17.3 Å². The topological polar surface area (TPSA) is 54.5 Å². The second kappa shape index (κ2) is 4.88. The van der Waals surface area contributed by atoms with E-state index in [4.69, 9.17) is 10.7 Å². The molecule has 1 aliphatic heterocycles. The minimum absolute atomic E-state index is 0.115. The van der Waals surface area contributed by atoms with Crippen LogP contribution >= 0.6 is 11.3 Å². The molecule has 1 unspecified atom stereocenters. The highest BCUT2D eigenvalue weighted by molar-refractivity contribution is 7.09. The largest absolute Gasteiger partial charge is 0.370 e. The molecule has 0 spiro atoms. The minimum atomic E-state index is 0.115. The zero-order valence-electron chi connectivity index (χ0n) is 11.6. The van der Waals surface area contributed by atoms with Gasteiger partial charge in [-0.3, -0.25) is 4.99 Å². The molecular formula is C13H22N4S. The van der Waals surface area contributed by atoms with E-state index in [-0.39, 0.29) is 11.5 Å². The van der Waals surface area contributed by atoms with E-state index in [1.807, 2.05) is 0 Å². The summed E-state index contributed by atoms with van der Waals surface area (Å²) in [7, 11) is 0. The number of hydrogen-bond acceptors (Lipinski definition) is 5. The van der Waals surface area contributed by atoms with E-state index in [1.165, 1.54) is 5.01 Å². The second-order valence-electron chi connectivity index (χ2n) is 5.74. The van der Waals surface area contributed by atoms with Crippen LogP contribution in [0.2, 0.25) is 0 Å². The lowest BCUT2D eigenvalue weighted by molar-refractivity contribution is 0.341. The Bertz CT molecular complexity index is 444. The third-order valence-corrected chi connectivity index (χ3v) is 4.35. The van der Waals surface area contributed by atoms with Crippen molar-refractivity contribution in [2.45, 2.75) is 45.6 Å². The molecule has 1 aromatic rings. The standard InChI is InChI=1S/C13H22N4S/c1-5-6-17-10(7-15-12(17)14)9-8-18-11(16-9)13(2,3)4/h8,10H,5-7H2,1-4H3,(H2,14,15). The predicted molar refractivity (Wildman–Crippen MR) is 77.0 cm³/mol. The van der Waals surface area contributed by atoms with E-state index >= 15 is 0 Å². The van der Waals surface area contributed by atoms with Gasteiger partial charge in [0, 0.05) is 17.3 Å². The maximum Gasteiger partial charge on any atom is 0.191 e. The Morgan fingerprint density at radius 3 is 2.78 bits per heavy atom. The molecule has 0 saturated carbocycles. The monoisotopic (exact) mass is 266 g/mol.